The zero-order chi connectivity index (χ0) is 12.9. The van der Waals surface area contributed by atoms with E-state index in [4.69, 9.17) is 15.7 Å². The van der Waals surface area contributed by atoms with Crippen LogP contribution in [0.4, 0.5) is 0 Å². The second-order valence-electron chi connectivity index (χ2n) is 4.55. The van der Waals surface area contributed by atoms with Crippen molar-refractivity contribution < 1.29 is 14.7 Å². The molecule has 1 rings (SSSR count). The molecule has 0 saturated carbocycles. The van der Waals surface area contributed by atoms with Crippen molar-refractivity contribution in [1.29, 1.82) is 0 Å². The van der Waals surface area contributed by atoms with Gasteiger partial charge in [0.15, 0.2) is 5.84 Å². The van der Waals surface area contributed by atoms with Crippen molar-refractivity contribution in [2.75, 3.05) is 13.2 Å². The van der Waals surface area contributed by atoms with Gasteiger partial charge in [0.25, 0.3) is 0 Å². The van der Waals surface area contributed by atoms with Crippen LogP contribution in [-0.4, -0.2) is 35.7 Å². The largest absolute Gasteiger partial charge is 0.409 e. The number of carbonyl (C=O) groups excluding carboxylic acids is 1. The second kappa shape index (κ2) is 5.86. The van der Waals surface area contributed by atoms with Crippen LogP contribution in [0, 0.1) is 5.92 Å². The van der Waals surface area contributed by atoms with Crippen LogP contribution in [0.15, 0.2) is 5.16 Å². The first-order chi connectivity index (χ1) is 8.03. The smallest absolute Gasteiger partial charge is 0.224 e. The summed E-state index contributed by atoms with van der Waals surface area (Å²) >= 11 is 0. The quantitative estimate of drug-likeness (QED) is 0.289. The molecule has 1 aliphatic heterocycles. The second-order valence-corrected chi connectivity index (χ2v) is 4.55. The third kappa shape index (κ3) is 3.33. The molecule has 1 aliphatic rings. The zero-order valence-electron chi connectivity index (χ0n) is 10.4. The summed E-state index contributed by atoms with van der Waals surface area (Å²) < 4.78 is 5.21. The molecule has 0 spiro atoms. The van der Waals surface area contributed by atoms with Gasteiger partial charge in [-0.2, -0.15) is 0 Å². The van der Waals surface area contributed by atoms with Crippen LogP contribution >= 0.6 is 0 Å². The summed E-state index contributed by atoms with van der Waals surface area (Å²) in [6.07, 6.45) is 2.02. The molecule has 4 N–H and O–H groups in total. The Bertz CT molecular complexity index is 300. The van der Waals surface area contributed by atoms with E-state index in [9.17, 15) is 4.79 Å². The van der Waals surface area contributed by atoms with Crippen LogP contribution in [0.5, 0.6) is 0 Å². The number of nitrogens with zero attached hydrogens (tertiary/aromatic N) is 1. The van der Waals surface area contributed by atoms with E-state index in [-0.39, 0.29) is 17.7 Å². The standard InChI is InChI=1S/C11H21N3O3/c1-3-11(2,10(12)14-16)13-9(15)8-4-6-17-7-5-8/h8,16H,3-7H2,1-2H3,(H2,12,14)(H,13,15). The van der Waals surface area contributed by atoms with Gasteiger partial charge in [-0.3, -0.25) is 4.79 Å². The zero-order valence-corrected chi connectivity index (χ0v) is 10.4. The van der Waals surface area contributed by atoms with Crippen LogP contribution < -0.4 is 11.1 Å². The summed E-state index contributed by atoms with van der Waals surface area (Å²) in [4.78, 5) is 12.0. The summed E-state index contributed by atoms with van der Waals surface area (Å²) in [5, 5.41) is 14.6. The Hall–Kier alpha value is -1.30. The Morgan fingerprint density at radius 1 is 1.59 bits per heavy atom. The summed E-state index contributed by atoms with van der Waals surface area (Å²) in [5.74, 6) is -0.0641. The van der Waals surface area contributed by atoms with E-state index in [0.717, 1.165) is 12.8 Å². The average Bonchev–Trinajstić information content (AvgIpc) is 2.38. The van der Waals surface area contributed by atoms with E-state index in [1.165, 1.54) is 0 Å². The van der Waals surface area contributed by atoms with Crippen molar-refractivity contribution in [1.82, 2.24) is 5.32 Å². The third-order valence-electron chi connectivity index (χ3n) is 3.37. The van der Waals surface area contributed by atoms with Gasteiger partial charge in [-0.1, -0.05) is 12.1 Å². The van der Waals surface area contributed by atoms with Crippen LogP contribution in [-0.2, 0) is 9.53 Å². The molecule has 98 valence electrons. The fraction of sp³-hybridized carbons (Fsp3) is 0.818. The highest BCUT2D eigenvalue weighted by molar-refractivity contribution is 5.93. The predicted octanol–water partition coefficient (Wildman–Crippen LogP) is 0.444. The summed E-state index contributed by atoms with van der Waals surface area (Å²) in [6, 6.07) is 0. The molecule has 0 aromatic carbocycles. The fourth-order valence-corrected chi connectivity index (χ4v) is 1.78. The van der Waals surface area contributed by atoms with Gasteiger partial charge in [-0.25, -0.2) is 0 Å². The monoisotopic (exact) mass is 243 g/mol. The molecule has 0 aromatic rings. The molecule has 1 saturated heterocycles. The molecule has 0 aliphatic carbocycles. The lowest BCUT2D eigenvalue weighted by Gasteiger charge is -2.31. The first-order valence-corrected chi connectivity index (χ1v) is 5.91. The molecule has 6 heteroatoms. The molecule has 1 amide bonds. The number of ether oxygens (including phenoxy) is 1. The van der Waals surface area contributed by atoms with Crippen molar-refractivity contribution >= 4 is 11.7 Å². The molecule has 0 aromatic heterocycles. The van der Waals surface area contributed by atoms with E-state index in [2.05, 4.69) is 10.5 Å². The Morgan fingerprint density at radius 2 is 2.18 bits per heavy atom. The lowest BCUT2D eigenvalue weighted by atomic mass is 9.93. The van der Waals surface area contributed by atoms with Crippen molar-refractivity contribution in [3.8, 4) is 0 Å². The predicted molar refractivity (Wildman–Crippen MR) is 63.8 cm³/mol. The Kier molecular flexibility index (Phi) is 4.74. The number of nitrogens with one attached hydrogen (secondary N) is 1. The minimum Gasteiger partial charge on any atom is -0.409 e. The van der Waals surface area contributed by atoms with Crippen molar-refractivity contribution in [3.05, 3.63) is 0 Å². The highest BCUT2D eigenvalue weighted by Gasteiger charge is 2.32. The van der Waals surface area contributed by atoms with Crippen molar-refractivity contribution in [2.24, 2.45) is 16.8 Å². The fourth-order valence-electron chi connectivity index (χ4n) is 1.78. The summed E-state index contributed by atoms with van der Waals surface area (Å²) in [7, 11) is 0. The Labute approximate surface area is 101 Å². The molecule has 17 heavy (non-hydrogen) atoms. The van der Waals surface area contributed by atoms with Gasteiger partial charge in [0, 0.05) is 19.1 Å². The molecular formula is C11H21N3O3. The molecule has 1 fully saturated rings. The highest BCUT2D eigenvalue weighted by Crippen LogP contribution is 2.17. The van der Waals surface area contributed by atoms with E-state index < -0.39 is 5.54 Å². The van der Waals surface area contributed by atoms with Gasteiger partial charge in [0.05, 0.1) is 5.54 Å². The summed E-state index contributed by atoms with van der Waals surface area (Å²) in [5.41, 5.74) is 4.81. The van der Waals surface area contributed by atoms with Gasteiger partial charge in [0.1, 0.15) is 0 Å². The van der Waals surface area contributed by atoms with Crippen LogP contribution in [0.1, 0.15) is 33.1 Å². The number of nitrogens with two attached hydrogens (primary N) is 1. The number of amidine groups is 1. The van der Waals surface area contributed by atoms with E-state index in [0.29, 0.717) is 19.6 Å². The van der Waals surface area contributed by atoms with E-state index in [1.807, 2.05) is 6.92 Å². The van der Waals surface area contributed by atoms with Gasteiger partial charge < -0.3 is 21.0 Å². The Balaban J connectivity index is 2.64. The minimum atomic E-state index is -0.788. The number of hydrogen-bond donors (Lipinski definition) is 3. The van der Waals surface area contributed by atoms with Gasteiger partial charge in [0.2, 0.25) is 5.91 Å². The first-order valence-electron chi connectivity index (χ1n) is 5.91. The normalized spacial score (nSPS) is 21.9. The number of rotatable bonds is 4. The molecule has 0 bridgehead atoms. The lowest BCUT2D eigenvalue weighted by molar-refractivity contribution is -0.129. The van der Waals surface area contributed by atoms with E-state index in [1.54, 1.807) is 6.92 Å². The number of carbonyl (C=O) groups is 1. The Morgan fingerprint density at radius 3 is 2.65 bits per heavy atom. The maximum atomic E-state index is 12.0. The van der Waals surface area contributed by atoms with Gasteiger partial charge in [-0.15, -0.1) is 0 Å². The lowest BCUT2D eigenvalue weighted by Crippen LogP contribution is -2.56. The molecule has 0 radical (unpaired) electrons. The van der Waals surface area contributed by atoms with Gasteiger partial charge in [-0.05, 0) is 26.2 Å². The minimum absolute atomic E-state index is 0.0282. The van der Waals surface area contributed by atoms with Crippen LogP contribution in [0.25, 0.3) is 0 Å². The third-order valence-corrected chi connectivity index (χ3v) is 3.37. The molecule has 1 atom stereocenters. The highest BCUT2D eigenvalue weighted by atomic mass is 16.5. The molecule has 1 unspecified atom stereocenters. The maximum absolute atomic E-state index is 12.0. The van der Waals surface area contributed by atoms with Gasteiger partial charge >= 0.3 is 0 Å². The molecule has 6 nitrogen and oxygen atoms in total. The maximum Gasteiger partial charge on any atom is 0.224 e. The summed E-state index contributed by atoms with van der Waals surface area (Å²) in [6.45, 7) is 4.86. The van der Waals surface area contributed by atoms with E-state index >= 15 is 0 Å². The first kappa shape index (κ1) is 13.8. The van der Waals surface area contributed by atoms with Crippen molar-refractivity contribution in [3.63, 3.8) is 0 Å². The van der Waals surface area contributed by atoms with Crippen LogP contribution in [0.3, 0.4) is 0 Å². The molecular weight excluding hydrogens is 222 g/mol. The SMILES string of the molecule is CCC(C)(NC(=O)C1CCOCC1)C(N)=NO. The topological polar surface area (TPSA) is 96.9 Å². The van der Waals surface area contributed by atoms with Crippen molar-refractivity contribution in [2.45, 2.75) is 38.6 Å². The number of hydrogen-bond acceptors (Lipinski definition) is 4. The molecule has 1 heterocycles. The number of amides is 1. The van der Waals surface area contributed by atoms with Crippen LogP contribution in [0.2, 0.25) is 0 Å². The average molecular weight is 243 g/mol. The number of oxime groups is 1.